The fraction of sp³-hybridized carbons (Fsp3) is 0.833. The van der Waals surface area contributed by atoms with Crippen LogP contribution in [0, 0.1) is 20.7 Å². The second kappa shape index (κ2) is 22.7. The van der Waals surface area contributed by atoms with Crippen molar-refractivity contribution >= 4 is 18.6 Å². The molecule has 3 atom stereocenters. The van der Waals surface area contributed by atoms with Crippen molar-refractivity contribution in [3.05, 3.63) is 26.4 Å². The summed E-state index contributed by atoms with van der Waals surface area (Å²) in [5.74, 6) is 0. The molecule has 194 valence electrons. The first-order valence-electron chi connectivity index (χ1n) is 10.4. The Morgan fingerprint density at radius 1 is 0.667 bits per heavy atom. The smallest absolute Gasteiger partial charge is 0.792 e. The zero-order valence-electron chi connectivity index (χ0n) is 18.3. The Hall–Kier alpha value is -1.07. The number of piperidine rings is 3. The molecule has 0 amide bonds. The predicted molar refractivity (Wildman–Crippen MR) is 114 cm³/mol. The molecule has 3 fully saturated rings. The second-order valence-corrected chi connectivity index (χ2v) is 7.87. The van der Waals surface area contributed by atoms with Gasteiger partial charge in [-0.05, 0) is 12.4 Å². The maximum Gasteiger partial charge on any atom is 3.00 e. The molecule has 0 aromatic heterocycles. The van der Waals surface area contributed by atoms with E-state index in [9.17, 15) is 10.4 Å². The van der Waals surface area contributed by atoms with E-state index in [0.29, 0.717) is 0 Å². The summed E-state index contributed by atoms with van der Waals surface area (Å²) in [5, 5.41) is 48.4. The minimum atomic E-state index is -4.69. The summed E-state index contributed by atoms with van der Waals surface area (Å²) in [5.41, 5.74) is 0. The zero-order chi connectivity index (χ0) is 24.1. The van der Waals surface area contributed by atoms with Crippen molar-refractivity contribution in [1.82, 2.24) is 0 Å². The molecule has 3 aliphatic heterocycles. The van der Waals surface area contributed by atoms with E-state index in [0.717, 1.165) is 38.9 Å². The number of nitrogens with zero attached hydrogens (tertiary/aromatic N) is 6. The Morgan fingerprint density at radius 3 is 1.18 bits per heavy atom. The van der Waals surface area contributed by atoms with Crippen LogP contribution in [-0.2, 0) is 16.8 Å². The molecule has 0 radical (unpaired) electrons. The van der Waals surface area contributed by atoms with E-state index in [4.69, 9.17) is 23.8 Å². The van der Waals surface area contributed by atoms with Crippen LogP contribution in [0.1, 0.15) is 57.8 Å². The second-order valence-electron chi connectivity index (χ2n) is 7.08. The topological polar surface area (TPSA) is 235 Å². The monoisotopic (exact) mass is 538 g/mol. The molecule has 33 heavy (non-hydrogen) atoms. The third-order valence-corrected chi connectivity index (χ3v) is 4.52. The van der Waals surface area contributed by atoms with Crippen LogP contribution in [0.4, 0.5) is 0 Å². The number of hydrogen-bond donors (Lipinski definition) is 2. The van der Waals surface area contributed by atoms with Gasteiger partial charge in [0.2, 0.25) is 0 Å². The SMILES string of the molecule is O/N=C/C1CCCC[N-]1.[Co+3].[O-]/N=C/C1CCCC[N-]1.[O-]/N=C/C1CCCC[N-]1.[O-][Cl+3]([O-])([O-])O. The van der Waals surface area contributed by atoms with Gasteiger partial charge in [0.25, 0.3) is 0 Å². The first-order chi connectivity index (χ1) is 15.3. The van der Waals surface area contributed by atoms with E-state index in [1.54, 1.807) is 0 Å². The maximum atomic E-state index is 9.71. The summed E-state index contributed by atoms with van der Waals surface area (Å²) in [7, 11) is -4.69. The molecule has 0 aromatic rings. The Balaban J connectivity index is 0. The maximum absolute atomic E-state index is 9.71. The van der Waals surface area contributed by atoms with E-state index < -0.39 is 10.2 Å². The van der Waals surface area contributed by atoms with Gasteiger partial charge in [0.05, 0.1) is 14.9 Å². The first-order valence-corrected chi connectivity index (χ1v) is 11.7. The number of halogens is 1. The Morgan fingerprint density at radius 2 is 0.970 bits per heavy atom. The number of rotatable bonds is 3. The van der Waals surface area contributed by atoms with E-state index >= 15 is 0 Å². The standard InChI is InChI=1S/3C6H11N2O.ClHO4.Co/c3*9-8-5-6-3-1-2-4-7-6;2-1(3,4)5;/h3*5-6,9H,1-4H2;(H,2,3,4,5);/q3*-1;;+3/p-2/b3*8-5+;;. The van der Waals surface area contributed by atoms with Gasteiger partial charge in [-0.2, -0.15) is 14.0 Å². The van der Waals surface area contributed by atoms with E-state index in [-0.39, 0.29) is 34.9 Å². The Bertz CT molecular complexity index is 443. The predicted octanol–water partition coefficient (Wildman–Crippen LogP) is 0.209. The van der Waals surface area contributed by atoms with Gasteiger partial charge >= 0.3 is 16.8 Å². The third-order valence-electron chi connectivity index (χ3n) is 4.52. The van der Waals surface area contributed by atoms with Crippen LogP contribution in [0.2, 0.25) is 0 Å². The Labute approximate surface area is 206 Å². The summed E-state index contributed by atoms with van der Waals surface area (Å²) < 4.78 is 32.7. The minimum Gasteiger partial charge on any atom is -0.792 e. The van der Waals surface area contributed by atoms with Crippen molar-refractivity contribution in [2.75, 3.05) is 19.6 Å². The van der Waals surface area contributed by atoms with Crippen molar-refractivity contribution in [1.29, 1.82) is 0 Å². The van der Waals surface area contributed by atoms with Crippen LogP contribution in [0.5, 0.6) is 0 Å². The molecule has 0 aromatic carbocycles. The van der Waals surface area contributed by atoms with Gasteiger partial charge in [-0.3, -0.25) is 0 Å². The average Bonchev–Trinajstić information content (AvgIpc) is 2.77. The molecule has 0 spiro atoms. The van der Waals surface area contributed by atoms with E-state index in [1.807, 2.05) is 0 Å². The summed E-state index contributed by atoms with van der Waals surface area (Å²) in [6.45, 7) is 2.73. The van der Waals surface area contributed by atoms with Gasteiger partial charge < -0.3 is 41.9 Å². The average molecular weight is 539 g/mol. The molecular weight excluding hydrogens is 507 g/mol. The Kier molecular flexibility index (Phi) is 23.5. The number of oxime groups is 1. The van der Waals surface area contributed by atoms with Gasteiger partial charge in [0, 0.05) is 6.21 Å². The molecule has 3 aliphatic rings. The molecule has 0 aliphatic carbocycles. The van der Waals surface area contributed by atoms with E-state index in [2.05, 4.69) is 31.4 Å². The van der Waals surface area contributed by atoms with Crippen molar-refractivity contribution in [3.63, 3.8) is 0 Å². The van der Waals surface area contributed by atoms with Gasteiger partial charge in [-0.25, -0.2) is 0 Å². The molecule has 2 N–H and O–H groups in total. The van der Waals surface area contributed by atoms with Crippen LogP contribution in [0.25, 0.3) is 16.0 Å². The summed E-state index contributed by atoms with van der Waals surface area (Å²) in [6.07, 6.45) is 14.4. The molecule has 3 heterocycles. The fourth-order valence-corrected chi connectivity index (χ4v) is 3.02. The molecule has 13 nitrogen and oxygen atoms in total. The fourth-order valence-electron chi connectivity index (χ4n) is 3.02. The molecule has 3 unspecified atom stereocenters. The van der Waals surface area contributed by atoms with Crippen LogP contribution in [0.15, 0.2) is 15.5 Å². The van der Waals surface area contributed by atoms with Crippen LogP contribution in [-0.4, -0.2) is 66.3 Å². The summed E-state index contributed by atoms with van der Waals surface area (Å²) >= 11 is 0. The van der Waals surface area contributed by atoms with Crippen LogP contribution >= 0.6 is 0 Å². The minimum absolute atomic E-state index is 0. The van der Waals surface area contributed by atoms with Crippen molar-refractivity contribution in [3.8, 4) is 0 Å². The molecule has 15 heteroatoms. The van der Waals surface area contributed by atoms with Gasteiger partial charge in [0.1, 0.15) is 0 Å². The quantitative estimate of drug-likeness (QED) is 0.287. The molecule has 0 bridgehead atoms. The van der Waals surface area contributed by atoms with Crippen molar-refractivity contribution in [2.24, 2.45) is 15.5 Å². The number of hydrogen-bond acceptors (Lipinski definition) is 10. The largest absolute Gasteiger partial charge is 3.00 e. The third kappa shape index (κ3) is 25.4. The summed E-state index contributed by atoms with van der Waals surface area (Å²) in [4.78, 5) is 0. The van der Waals surface area contributed by atoms with Crippen molar-refractivity contribution < 1.29 is 50.9 Å². The van der Waals surface area contributed by atoms with E-state index in [1.165, 1.54) is 57.2 Å². The summed E-state index contributed by atoms with van der Waals surface area (Å²) in [6, 6.07) is 0.427. The van der Waals surface area contributed by atoms with Crippen molar-refractivity contribution in [2.45, 2.75) is 75.9 Å². The normalized spacial score (nSPS) is 25.6. The van der Waals surface area contributed by atoms with Crippen LogP contribution < -0.4 is 14.0 Å². The molecule has 3 rings (SSSR count). The van der Waals surface area contributed by atoms with Gasteiger partial charge in [-0.1, -0.05) is 63.8 Å². The molecular formula is C18H32ClCoN6O7-2. The van der Waals surface area contributed by atoms with Gasteiger partial charge in [-0.15, -0.1) is 36.9 Å². The first kappa shape index (κ1) is 34.1. The zero-order valence-corrected chi connectivity index (χ0v) is 20.1. The molecule has 0 saturated carbocycles. The molecule has 3 saturated heterocycles. The van der Waals surface area contributed by atoms with Crippen LogP contribution in [0.3, 0.4) is 0 Å². The van der Waals surface area contributed by atoms with Gasteiger partial charge in [0.15, 0.2) is 0 Å².